The van der Waals surface area contributed by atoms with Gasteiger partial charge in [0.05, 0.1) is 0 Å². The Hall–Kier alpha value is -1.86. The van der Waals surface area contributed by atoms with Crippen LogP contribution >= 0.6 is 0 Å². The average molecular weight is 322 g/mol. The summed E-state index contributed by atoms with van der Waals surface area (Å²) in [6, 6.07) is 15.7. The zero-order valence-corrected chi connectivity index (χ0v) is 16.1. The van der Waals surface area contributed by atoms with Crippen molar-refractivity contribution in [2.24, 2.45) is 0 Å². The lowest BCUT2D eigenvalue weighted by molar-refractivity contribution is 0.319. The highest BCUT2D eigenvalue weighted by Crippen LogP contribution is 2.23. The minimum absolute atomic E-state index is 0.214. The van der Waals surface area contributed by atoms with E-state index in [0.29, 0.717) is 0 Å². The fourth-order valence-electron chi connectivity index (χ4n) is 3.02. The van der Waals surface area contributed by atoms with Gasteiger partial charge in [-0.1, -0.05) is 69.3 Å². The summed E-state index contributed by atoms with van der Waals surface area (Å²) in [7, 11) is 2.18. The fraction of sp³-hybridized carbons (Fsp3) is 0.391. The van der Waals surface area contributed by atoms with Gasteiger partial charge in [-0.3, -0.25) is 4.90 Å². The van der Waals surface area contributed by atoms with Crippen molar-refractivity contribution in [1.29, 1.82) is 0 Å². The van der Waals surface area contributed by atoms with Crippen molar-refractivity contribution < 1.29 is 0 Å². The van der Waals surface area contributed by atoms with E-state index >= 15 is 0 Å². The molecular formula is C23H31N. The molecule has 0 N–H and O–H groups in total. The minimum Gasteiger partial charge on any atom is -0.298 e. The number of benzene rings is 2. The van der Waals surface area contributed by atoms with Gasteiger partial charge in [-0.05, 0) is 60.2 Å². The van der Waals surface area contributed by atoms with Crippen LogP contribution in [0.15, 0.2) is 49.0 Å². The lowest BCUT2D eigenvalue weighted by atomic mass is 9.87. The van der Waals surface area contributed by atoms with Crippen LogP contribution in [0.2, 0.25) is 0 Å². The van der Waals surface area contributed by atoms with Crippen molar-refractivity contribution in [1.82, 2.24) is 4.90 Å². The summed E-state index contributed by atoms with van der Waals surface area (Å²) in [5.41, 5.74) is 8.01. The molecule has 0 aliphatic carbocycles. The standard InChI is InChI=1S/C23H31N/c1-17(2)22-14-20(9-8-18(22)3)16-24(7)15-19-10-12-21(13-11-19)23(4,5)6/h8-14H,1,15-16H2,2-7H3. The lowest BCUT2D eigenvalue weighted by Crippen LogP contribution is -2.18. The zero-order valence-electron chi connectivity index (χ0n) is 16.1. The molecule has 0 aromatic heterocycles. The van der Waals surface area contributed by atoms with Crippen LogP contribution in [0.5, 0.6) is 0 Å². The van der Waals surface area contributed by atoms with Crippen molar-refractivity contribution in [3.05, 3.63) is 76.9 Å². The maximum Gasteiger partial charge on any atom is 0.0234 e. The van der Waals surface area contributed by atoms with Crippen molar-refractivity contribution >= 4 is 5.57 Å². The van der Waals surface area contributed by atoms with Gasteiger partial charge >= 0.3 is 0 Å². The molecule has 0 bridgehead atoms. The molecule has 2 aromatic rings. The molecule has 0 saturated heterocycles. The Morgan fingerprint density at radius 3 is 2.04 bits per heavy atom. The van der Waals surface area contributed by atoms with E-state index < -0.39 is 0 Å². The average Bonchev–Trinajstić information content (AvgIpc) is 2.48. The van der Waals surface area contributed by atoms with E-state index in [4.69, 9.17) is 0 Å². The van der Waals surface area contributed by atoms with Crippen LogP contribution in [-0.4, -0.2) is 11.9 Å². The molecule has 0 unspecified atom stereocenters. The van der Waals surface area contributed by atoms with E-state index in [1.165, 1.54) is 27.8 Å². The third-order valence-electron chi connectivity index (χ3n) is 4.49. The third-order valence-corrected chi connectivity index (χ3v) is 4.49. The van der Waals surface area contributed by atoms with Gasteiger partial charge in [0, 0.05) is 13.1 Å². The second-order valence-corrected chi connectivity index (χ2v) is 8.05. The Bertz CT molecular complexity index is 702. The highest BCUT2D eigenvalue weighted by Gasteiger charge is 2.13. The van der Waals surface area contributed by atoms with Crippen LogP contribution in [0.4, 0.5) is 0 Å². The van der Waals surface area contributed by atoms with Gasteiger partial charge in [0.1, 0.15) is 0 Å². The Labute approximate surface area is 148 Å². The largest absolute Gasteiger partial charge is 0.298 e. The summed E-state index contributed by atoms with van der Waals surface area (Å²) in [4.78, 5) is 2.36. The third kappa shape index (κ3) is 4.82. The summed E-state index contributed by atoms with van der Waals surface area (Å²) in [6.07, 6.45) is 0. The minimum atomic E-state index is 0.214. The highest BCUT2D eigenvalue weighted by atomic mass is 15.1. The van der Waals surface area contributed by atoms with Crippen LogP contribution in [0, 0.1) is 6.92 Å². The molecule has 0 aliphatic rings. The topological polar surface area (TPSA) is 3.24 Å². The number of allylic oxidation sites excluding steroid dienone is 1. The molecule has 0 spiro atoms. The molecule has 1 nitrogen and oxygen atoms in total. The molecule has 2 rings (SSSR count). The summed E-state index contributed by atoms with van der Waals surface area (Å²) >= 11 is 0. The molecule has 0 amide bonds. The molecular weight excluding hydrogens is 290 g/mol. The molecule has 0 fully saturated rings. The molecule has 0 atom stereocenters. The molecule has 1 heteroatoms. The Morgan fingerprint density at radius 1 is 0.958 bits per heavy atom. The highest BCUT2D eigenvalue weighted by molar-refractivity contribution is 5.64. The first kappa shape index (κ1) is 18.5. The van der Waals surface area contributed by atoms with Crippen molar-refractivity contribution in [3.63, 3.8) is 0 Å². The Morgan fingerprint density at radius 2 is 1.50 bits per heavy atom. The summed E-state index contributed by atoms with van der Waals surface area (Å²) < 4.78 is 0. The van der Waals surface area contributed by atoms with Gasteiger partial charge < -0.3 is 0 Å². The van der Waals surface area contributed by atoms with Crippen molar-refractivity contribution in [2.75, 3.05) is 7.05 Å². The van der Waals surface area contributed by atoms with Crippen LogP contribution in [-0.2, 0) is 18.5 Å². The molecule has 0 radical (unpaired) electrons. The van der Waals surface area contributed by atoms with Crippen LogP contribution in [0.25, 0.3) is 5.57 Å². The van der Waals surface area contributed by atoms with E-state index in [1.807, 2.05) is 0 Å². The first-order chi connectivity index (χ1) is 11.2. The predicted molar refractivity (Wildman–Crippen MR) is 106 cm³/mol. The normalized spacial score (nSPS) is 11.8. The van der Waals surface area contributed by atoms with Crippen molar-refractivity contribution in [2.45, 2.75) is 53.1 Å². The molecule has 0 aliphatic heterocycles. The summed E-state index contributed by atoms with van der Waals surface area (Å²) in [5.74, 6) is 0. The van der Waals surface area contributed by atoms with Gasteiger partial charge in [0.25, 0.3) is 0 Å². The van der Waals surface area contributed by atoms with E-state index in [-0.39, 0.29) is 5.41 Å². The van der Waals surface area contributed by atoms with E-state index in [0.717, 1.165) is 18.7 Å². The maximum atomic E-state index is 4.09. The van der Waals surface area contributed by atoms with Crippen LogP contribution < -0.4 is 0 Å². The SMILES string of the molecule is C=C(C)c1cc(CN(C)Cc2ccc(C(C)(C)C)cc2)ccc1C. The number of aryl methyl sites for hydroxylation is 1. The van der Waals surface area contributed by atoms with E-state index in [1.54, 1.807) is 0 Å². The molecule has 24 heavy (non-hydrogen) atoms. The zero-order chi connectivity index (χ0) is 17.9. The number of hydrogen-bond acceptors (Lipinski definition) is 1. The number of rotatable bonds is 5. The van der Waals surface area contributed by atoms with Gasteiger partial charge in [-0.25, -0.2) is 0 Å². The molecule has 0 saturated carbocycles. The van der Waals surface area contributed by atoms with Gasteiger partial charge in [0.2, 0.25) is 0 Å². The van der Waals surface area contributed by atoms with Gasteiger partial charge in [0.15, 0.2) is 0 Å². The van der Waals surface area contributed by atoms with Gasteiger partial charge in [-0.2, -0.15) is 0 Å². The van der Waals surface area contributed by atoms with E-state index in [9.17, 15) is 0 Å². The Kier molecular flexibility index (Phi) is 5.66. The molecule has 128 valence electrons. The number of nitrogens with zero attached hydrogens (tertiary/aromatic N) is 1. The van der Waals surface area contributed by atoms with E-state index in [2.05, 4.69) is 95.6 Å². The Balaban J connectivity index is 2.04. The predicted octanol–water partition coefficient (Wildman–Crippen LogP) is 5.96. The summed E-state index contributed by atoms with van der Waals surface area (Å²) in [5, 5.41) is 0. The summed E-state index contributed by atoms with van der Waals surface area (Å²) in [6.45, 7) is 17.0. The molecule has 2 aromatic carbocycles. The first-order valence-corrected chi connectivity index (χ1v) is 8.70. The van der Waals surface area contributed by atoms with Crippen LogP contribution in [0.1, 0.15) is 55.5 Å². The monoisotopic (exact) mass is 321 g/mol. The molecule has 0 heterocycles. The van der Waals surface area contributed by atoms with Crippen LogP contribution in [0.3, 0.4) is 0 Å². The lowest BCUT2D eigenvalue weighted by Gasteiger charge is -2.21. The fourth-order valence-corrected chi connectivity index (χ4v) is 3.02. The second-order valence-electron chi connectivity index (χ2n) is 8.05. The maximum absolute atomic E-state index is 4.09. The quantitative estimate of drug-likeness (QED) is 0.657. The van der Waals surface area contributed by atoms with Crippen molar-refractivity contribution in [3.8, 4) is 0 Å². The first-order valence-electron chi connectivity index (χ1n) is 8.70. The number of hydrogen-bond donors (Lipinski definition) is 0. The smallest absolute Gasteiger partial charge is 0.0234 e. The second kappa shape index (κ2) is 7.36. The van der Waals surface area contributed by atoms with Gasteiger partial charge in [-0.15, -0.1) is 0 Å².